The highest BCUT2D eigenvalue weighted by atomic mass is 32.2. The maximum atomic E-state index is 12.5. The van der Waals surface area contributed by atoms with Gasteiger partial charge >= 0.3 is 16.7 Å². The highest BCUT2D eigenvalue weighted by molar-refractivity contribution is 7.87. The van der Waals surface area contributed by atoms with Crippen molar-refractivity contribution in [3.8, 4) is 17.2 Å². The minimum Gasteiger partial charge on any atom is -0.493 e. The Morgan fingerprint density at radius 2 is 1.76 bits per heavy atom. The molecular formula is C17H16F2O5S. The largest absolute Gasteiger partial charge is 0.493 e. The van der Waals surface area contributed by atoms with Crippen molar-refractivity contribution < 1.29 is 30.9 Å². The van der Waals surface area contributed by atoms with E-state index in [4.69, 9.17) is 8.92 Å². The molecule has 5 nitrogen and oxygen atoms in total. The number of ether oxygens (including phenoxy) is 2. The molecule has 0 aliphatic rings. The average Bonchev–Trinajstić information content (AvgIpc) is 2.56. The van der Waals surface area contributed by atoms with Gasteiger partial charge in [-0.3, -0.25) is 0 Å². The molecule has 2 aromatic carbocycles. The minimum atomic E-state index is -4.40. The minimum absolute atomic E-state index is 0.0670. The Morgan fingerprint density at radius 3 is 2.40 bits per heavy atom. The van der Waals surface area contributed by atoms with Crippen molar-refractivity contribution in [3.05, 3.63) is 54.1 Å². The highest BCUT2D eigenvalue weighted by Gasteiger charge is 2.24. The molecule has 0 heterocycles. The van der Waals surface area contributed by atoms with Crippen LogP contribution in [0.1, 0.15) is 12.5 Å². The molecule has 0 aliphatic heterocycles. The SMILES string of the molecule is C/C=C/c1ccc(OS(=O)(=O)c2ccccc2OC(F)F)c(OC)c1. The average molecular weight is 370 g/mol. The van der Waals surface area contributed by atoms with Crippen LogP contribution in [0.5, 0.6) is 17.2 Å². The van der Waals surface area contributed by atoms with Gasteiger partial charge < -0.3 is 13.7 Å². The van der Waals surface area contributed by atoms with Crippen molar-refractivity contribution in [3.63, 3.8) is 0 Å². The van der Waals surface area contributed by atoms with E-state index in [2.05, 4.69) is 4.74 Å². The van der Waals surface area contributed by atoms with Gasteiger partial charge in [0.1, 0.15) is 10.6 Å². The number of alkyl halides is 2. The predicted octanol–water partition coefficient (Wildman–Crippen LogP) is 4.10. The Kier molecular flexibility index (Phi) is 5.97. The van der Waals surface area contributed by atoms with E-state index in [0.717, 1.165) is 17.7 Å². The van der Waals surface area contributed by atoms with Crippen LogP contribution in [0, 0.1) is 0 Å². The lowest BCUT2D eigenvalue weighted by atomic mass is 10.2. The maximum absolute atomic E-state index is 12.5. The van der Waals surface area contributed by atoms with E-state index < -0.39 is 27.4 Å². The summed E-state index contributed by atoms with van der Waals surface area (Å²) in [6.45, 7) is -1.33. The summed E-state index contributed by atoms with van der Waals surface area (Å²) >= 11 is 0. The summed E-state index contributed by atoms with van der Waals surface area (Å²) in [7, 11) is -3.04. The molecular weight excluding hydrogens is 354 g/mol. The third kappa shape index (κ3) is 4.69. The fraction of sp³-hybridized carbons (Fsp3) is 0.176. The zero-order chi connectivity index (χ0) is 18.4. The smallest absolute Gasteiger partial charge is 0.387 e. The Labute approximate surface area is 144 Å². The molecule has 0 spiro atoms. The number of hydrogen-bond acceptors (Lipinski definition) is 5. The van der Waals surface area contributed by atoms with E-state index in [1.165, 1.54) is 25.3 Å². The Hall–Kier alpha value is -2.61. The summed E-state index contributed by atoms with van der Waals surface area (Å²) in [5, 5.41) is 0. The lowest BCUT2D eigenvalue weighted by Crippen LogP contribution is -2.13. The molecule has 0 saturated carbocycles. The van der Waals surface area contributed by atoms with E-state index in [9.17, 15) is 17.2 Å². The van der Waals surface area contributed by atoms with Gasteiger partial charge in [-0.1, -0.05) is 30.4 Å². The molecule has 2 rings (SSSR count). The van der Waals surface area contributed by atoms with Gasteiger partial charge in [-0.2, -0.15) is 17.2 Å². The lowest BCUT2D eigenvalue weighted by Gasteiger charge is -2.14. The first-order chi connectivity index (χ1) is 11.9. The molecule has 134 valence electrons. The van der Waals surface area contributed by atoms with E-state index in [1.807, 2.05) is 13.0 Å². The second kappa shape index (κ2) is 7.98. The van der Waals surface area contributed by atoms with Gasteiger partial charge in [0.2, 0.25) is 0 Å². The molecule has 0 atom stereocenters. The van der Waals surface area contributed by atoms with Crippen LogP contribution in [0.3, 0.4) is 0 Å². The van der Waals surface area contributed by atoms with Gasteiger partial charge in [-0.15, -0.1) is 0 Å². The lowest BCUT2D eigenvalue weighted by molar-refractivity contribution is -0.0518. The molecule has 0 aromatic heterocycles. The molecule has 8 heteroatoms. The normalized spacial score (nSPS) is 11.7. The van der Waals surface area contributed by atoms with E-state index in [1.54, 1.807) is 18.2 Å². The number of hydrogen-bond donors (Lipinski definition) is 0. The predicted molar refractivity (Wildman–Crippen MR) is 88.6 cm³/mol. The van der Waals surface area contributed by atoms with Crippen LogP contribution in [0.4, 0.5) is 8.78 Å². The van der Waals surface area contributed by atoms with Crippen molar-refractivity contribution in [1.29, 1.82) is 0 Å². The summed E-state index contributed by atoms with van der Waals surface area (Å²) < 4.78 is 64.3. The fourth-order valence-corrected chi connectivity index (χ4v) is 3.13. The maximum Gasteiger partial charge on any atom is 0.387 e. The van der Waals surface area contributed by atoms with E-state index >= 15 is 0 Å². The number of methoxy groups -OCH3 is 1. The van der Waals surface area contributed by atoms with E-state index in [0.29, 0.717) is 0 Å². The summed E-state index contributed by atoms with van der Waals surface area (Å²) in [5.41, 5.74) is 0.783. The molecule has 2 aromatic rings. The molecule has 0 fully saturated rings. The second-order valence-electron chi connectivity index (χ2n) is 4.77. The van der Waals surface area contributed by atoms with Crippen LogP contribution in [0.25, 0.3) is 6.08 Å². The van der Waals surface area contributed by atoms with Crippen molar-refractivity contribution in [2.45, 2.75) is 18.4 Å². The van der Waals surface area contributed by atoms with Crippen LogP contribution >= 0.6 is 0 Å². The van der Waals surface area contributed by atoms with Gasteiger partial charge in [0, 0.05) is 0 Å². The molecule has 0 aliphatic carbocycles. The third-order valence-electron chi connectivity index (χ3n) is 3.08. The molecule has 0 radical (unpaired) electrons. The third-order valence-corrected chi connectivity index (χ3v) is 4.36. The Balaban J connectivity index is 2.40. The zero-order valence-corrected chi connectivity index (χ0v) is 14.3. The molecule has 0 bridgehead atoms. The number of halogens is 2. The quantitative estimate of drug-likeness (QED) is 0.687. The van der Waals surface area contributed by atoms with Crippen LogP contribution in [-0.2, 0) is 10.1 Å². The summed E-state index contributed by atoms with van der Waals surface area (Å²) in [6, 6.07) is 9.64. The number of rotatable bonds is 7. The van der Waals surface area contributed by atoms with Crippen LogP contribution < -0.4 is 13.7 Å². The first-order valence-corrected chi connectivity index (χ1v) is 8.57. The van der Waals surface area contributed by atoms with Gasteiger partial charge in [0.05, 0.1) is 7.11 Å². The van der Waals surface area contributed by atoms with Crippen molar-refractivity contribution in [2.24, 2.45) is 0 Å². The van der Waals surface area contributed by atoms with Crippen molar-refractivity contribution in [1.82, 2.24) is 0 Å². The molecule has 0 saturated heterocycles. The summed E-state index contributed by atoms with van der Waals surface area (Å²) in [6.07, 6.45) is 3.61. The molecule has 0 N–H and O–H groups in total. The van der Waals surface area contributed by atoms with Gasteiger partial charge in [0.25, 0.3) is 0 Å². The highest BCUT2D eigenvalue weighted by Crippen LogP contribution is 2.33. The summed E-state index contributed by atoms with van der Waals surface area (Å²) in [4.78, 5) is -0.505. The van der Waals surface area contributed by atoms with Gasteiger partial charge in [-0.05, 0) is 36.8 Å². The van der Waals surface area contributed by atoms with Crippen LogP contribution in [0.15, 0.2) is 53.4 Å². The first kappa shape index (κ1) is 18.7. The van der Waals surface area contributed by atoms with Crippen LogP contribution in [-0.4, -0.2) is 22.1 Å². The number of benzene rings is 2. The fourth-order valence-electron chi connectivity index (χ4n) is 2.06. The van der Waals surface area contributed by atoms with E-state index in [-0.39, 0.29) is 11.5 Å². The Bertz CT molecular complexity index is 863. The summed E-state index contributed by atoms with van der Waals surface area (Å²) in [5.74, 6) is -0.379. The zero-order valence-electron chi connectivity index (χ0n) is 13.5. The monoisotopic (exact) mass is 370 g/mol. The second-order valence-corrected chi connectivity index (χ2v) is 6.29. The van der Waals surface area contributed by atoms with Crippen LogP contribution in [0.2, 0.25) is 0 Å². The standard InChI is InChI=1S/C17H16F2O5S/c1-3-6-12-9-10-13(15(11-12)22-2)24-25(20,21)16-8-5-4-7-14(16)23-17(18)19/h3-11,17H,1-2H3/b6-3+. The number of allylic oxidation sites excluding steroid dienone is 1. The molecule has 25 heavy (non-hydrogen) atoms. The topological polar surface area (TPSA) is 61.8 Å². The molecule has 0 amide bonds. The van der Waals surface area contributed by atoms with Crippen molar-refractivity contribution in [2.75, 3.05) is 7.11 Å². The first-order valence-electron chi connectivity index (χ1n) is 7.16. The van der Waals surface area contributed by atoms with Gasteiger partial charge in [-0.25, -0.2) is 0 Å². The molecule has 0 unspecified atom stereocenters. The Morgan fingerprint density at radius 1 is 1.04 bits per heavy atom. The van der Waals surface area contributed by atoms with Crippen molar-refractivity contribution >= 4 is 16.2 Å². The number of para-hydroxylation sites is 1. The van der Waals surface area contributed by atoms with Gasteiger partial charge in [0.15, 0.2) is 11.5 Å².